The molecule has 0 radical (unpaired) electrons. The van der Waals surface area contributed by atoms with Crippen LogP contribution in [-0.2, 0) is 13.1 Å². The molecule has 4 aromatic rings. The SMILES string of the molecule is COc1ccc(-[n+]2[nH]oc(=O)c2CN(Cc2ccccc2)C(=S)Nc2ccccc2)cc1. The molecule has 1 heterocycles. The molecule has 162 valence electrons. The van der Waals surface area contributed by atoms with Gasteiger partial charge in [-0.1, -0.05) is 48.5 Å². The molecule has 1 aromatic heterocycles. The van der Waals surface area contributed by atoms with Crippen molar-refractivity contribution in [2.45, 2.75) is 13.1 Å². The molecule has 4 rings (SSSR count). The van der Waals surface area contributed by atoms with Gasteiger partial charge in [-0.25, -0.2) is 4.79 Å². The maximum absolute atomic E-state index is 12.6. The Morgan fingerprint density at radius 3 is 2.31 bits per heavy atom. The number of nitrogens with one attached hydrogen (secondary N) is 2. The molecule has 0 saturated carbocycles. The highest BCUT2D eigenvalue weighted by atomic mass is 32.1. The summed E-state index contributed by atoms with van der Waals surface area (Å²) in [5.74, 6) is 0.723. The van der Waals surface area contributed by atoms with Crippen LogP contribution in [0.3, 0.4) is 0 Å². The van der Waals surface area contributed by atoms with Crippen molar-refractivity contribution in [3.8, 4) is 11.4 Å². The third kappa shape index (κ3) is 5.04. The highest BCUT2D eigenvalue weighted by molar-refractivity contribution is 7.80. The Kier molecular flexibility index (Phi) is 6.62. The van der Waals surface area contributed by atoms with Crippen LogP contribution in [0.2, 0.25) is 0 Å². The van der Waals surface area contributed by atoms with Gasteiger partial charge in [0.1, 0.15) is 12.3 Å². The molecular formula is C24H23N4O3S+. The predicted molar refractivity (Wildman–Crippen MR) is 126 cm³/mol. The maximum Gasteiger partial charge on any atom is 0.432 e. The number of hydrogen-bond acceptors (Lipinski definition) is 4. The molecule has 0 aliphatic carbocycles. The van der Waals surface area contributed by atoms with E-state index < -0.39 is 5.63 Å². The number of rotatable bonds is 7. The number of aromatic nitrogens is 2. The van der Waals surface area contributed by atoms with Crippen LogP contribution >= 0.6 is 12.2 Å². The van der Waals surface area contributed by atoms with Crippen LogP contribution in [0.25, 0.3) is 5.69 Å². The largest absolute Gasteiger partial charge is 0.497 e. The summed E-state index contributed by atoms with van der Waals surface area (Å²) in [6.07, 6.45) is 0. The lowest BCUT2D eigenvalue weighted by Crippen LogP contribution is -2.44. The van der Waals surface area contributed by atoms with Gasteiger partial charge in [-0.05, 0) is 52.0 Å². The van der Waals surface area contributed by atoms with Crippen LogP contribution in [0.15, 0.2) is 94.2 Å². The molecule has 0 unspecified atom stereocenters. The maximum atomic E-state index is 12.6. The number of ether oxygens (including phenoxy) is 1. The lowest BCUT2D eigenvalue weighted by Gasteiger charge is -2.24. The Morgan fingerprint density at radius 1 is 1.00 bits per heavy atom. The molecule has 0 aliphatic rings. The zero-order valence-electron chi connectivity index (χ0n) is 17.5. The van der Waals surface area contributed by atoms with Gasteiger partial charge in [-0.3, -0.25) is 4.52 Å². The van der Waals surface area contributed by atoms with E-state index in [2.05, 4.69) is 10.6 Å². The van der Waals surface area contributed by atoms with Crippen LogP contribution in [0.5, 0.6) is 5.75 Å². The van der Waals surface area contributed by atoms with Crippen LogP contribution in [-0.4, -0.2) is 22.4 Å². The highest BCUT2D eigenvalue weighted by Crippen LogP contribution is 2.14. The first-order valence-electron chi connectivity index (χ1n) is 10.1. The number of thiocarbonyl (C=S) groups is 1. The molecule has 0 aliphatic heterocycles. The lowest BCUT2D eigenvalue weighted by molar-refractivity contribution is -0.678. The first-order chi connectivity index (χ1) is 15.6. The molecule has 8 heteroatoms. The second-order valence-corrected chi connectivity index (χ2v) is 7.49. The van der Waals surface area contributed by atoms with E-state index in [1.807, 2.05) is 89.8 Å². The number of para-hydroxylation sites is 1. The van der Waals surface area contributed by atoms with E-state index in [4.69, 9.17) is 21.5 Å². The van der Waals surface area contributed by atoms with Gasteiger partial charge in [0.15, 0.2) is 5.11 Å². The molecule has 0 bridgehead atoms. The van der Waals surface area contributed by atoms with E-state index in [-0.39, 0.29) is 6.54 Å². The van der Waals surface area contributed by atoms with E-state index in [1.165, 1.54) is 0 Å². The van der Waals surface area contributed by atoms with Gasteiger partial charge in [0.2, 0.25) is 5.69 Å². The quantitative estimate of drug-likeness (QED) is 0.333. The number of aromatic amines is 1. The summed E-state index contributed by atoms with van der Waals surface area (Å²) in [5.41, 5.74) is 2.65. The third-order valence-corrected chi connectivity index (χ3v) is 5.30. The normalized spacial score (nSPS) is 10.5. The summed E-state index contributed by atoms with van der Waals surface area (Å²) in [6, 6.07) is 27.0. The zero-order chi connectivity index (χ0) is 22.3. The molecule has 32 heavy (non-hydrogen) atoms. The van der Waals surface area contributed by atoms with Gasteiger partial charge in [-0.15, -0.1) is 0 Å². The molecule has 0 atom stereocenters. The van der Waals surface area contributed by atoms with E-state index in [0.29, 0.717) is 17.4 Å². The van der Waals surface area contributed by atoms with E-state index in [0.717, 1.165) is 22.7 Å². The zero-order valence-corrected chi connectivity index (χ0v) is 18.3. The average molecular weight is 448 g/mol. The van der Waals surface area contributed by atoms with Gasteiger partial charge >= 0.3 is 11.3 Å². The van der Waals surface area contributed by atoms with Crippen molar-refractivity contribution in [1.82, 2.24) is 10.2 Å². The Bertz CT molecular complexity index is 1220. The van der Waals surface area contributed by atoms with Gasteiger partial charge < -0.3 is 15.0 Å². The molecular weight excluding hydrogens is 424 g/mol. The van der Waals surface area contributed by atoms with Crippen LogP contribution < -0.4 is 20.4 Å². The molecule has 0 spiro atoms. The highest BCUT2D eigenvalue weighted by Gasteiger charge is 2.27. The van der Waals surface area contributed by atoms with Gasteiger partial charge in [0.05, 0.1) is 7.11 Å². The number of methoxy groups -OCH3 is 1. The second kappa shape index (κ2) is 9.93. The Hall–Kier alpha value is -3.91. The standard InChI is InChI=1S/C24H22N4O3S/c1-30-21-14-12-20(13-15-21)28-22(23(29)31-26-28)17-27(16-18-8-4-2-5-9-18)24(32)25-19-10-6-3-7-11-19/h2-15H,16-17H2,1H3,(H-,25,26,29,32)/p+1. The monoisotopic (exact) mass is 447 g/mol. The third-order valence-electron chi connectivity index (χ3n) is 4.93. The predicted octanol–water partition coefficient (Wildman–Crippen LogP) is 3.65. The van der Waals surface area contributed by atoms with Crippen LogP contribution in [0.1, 0.15) is 11.3 Å². The molecule has 0 amide bonds. The smallest absolute Gasteiger partial charge is 0.432 e. The second-order valence-electron chi connectivity index (χ2n) is 7.10. The van der Waals surface area contributed by atoms with Crippen molar-refractivity contribution in [1.29, 1.82) is 0 Å². The summed E-state index contributed by atoms with van der Waals surface area (Å²) < 4.78 is 12.0. The minimum Gasteiger partial charge on any atom is -0.497 e. The summed E-state index contributed by atoms with van der Waals surface area (Å²) in [4.78, 5) is 14.5. The first kappa shape index (κ1) is 21.3. The molecule has 0 saturated heterocycles. The van der Waals surface area contributed by atoms with Crippen molar-refractivity contribution >= 4 is 23.0 Å². The van der Waals surface area contributed by atoms with Crippen molar-refractivity contribution in [3.63, 3.8) is 0 Å². The van der Waals surface area contributed by atoms with E-state index >= 15 is 0 Å². The molecule has 3 aromatic carbocycles. The summed E-state index contributed by atoms with van der Waals surface area (Å²) >= 11 is 5.71. The number of H-pyrrole nitrogens is 1. The molecule has 0 fully saturated rings. The Labute approximate surface area is 190 Å². The number of hydrogen-bond donors (Lipinski definition) is 2. The van der Waals surface area contributed by atoms with Crippen molar-refractivity contribution in [3.05, 3.63) is 107 Å². The number of benzene rings is 3. The van der Waals surface area contributed by atoms with Crippen molar-refractivity contribution in [2.75, 3.05) is 12.4 Å². The summed E-state index contributed by atoms with van der Waals surface area (Å²) in [7, 11) is 1.61. The van der Waals surface area contributed by atoms with Crippen LogP contribution in [0.4, 0.5) is 5.69 Å². The van der Waals surface area contributed by atoms with Gasteiger partial charge in [0, 0.05) is 24.4 Å². The molecule has 2 N–H and O–H groups in total. The Balaban J connectivity index is 1.64. The minimum absolute atomic E-state index is 0.241. The number of nitrogens with zero attached hydrogens (tertiary/aromatic N) is 2. The van der Waals surface area contributed by atoms with Gasteiger partial charge in [0.25, 0.3) is 0 Å². The fourth-order valence-electron chi connectivity index (χ4n) is 3.28. The fraction of sp³-hybridized carbons (Fsp3) is 0.125. The molecule has 7 nitrogen and oxygen atoms in total. The fourth-order valence-corrected chi connectivity index (χ4v) is 3.52. The number of anilines is 1. The van der Waals surface area contributed by atoms with E-state index in [1.54, 1.807) is 11.8 Å². The topological polar surface area (TPSA) is 74.4 Å². The van der Waals surface area contributed by atoms with Gasteiger partial charge in [-0.2, -0.15) is 0 Å². The van der Waals surface area contributed by atoms with Crippen LogP contribution in [0, 0.1) is 0 Å². The summed E-state index contributed by atoms with van der Waals surface area (Å²) in [6.45, 7) is 0.762. The average Bonchev–Trinajstić information content (AvgIpc) is 3.20. The summed E-state index contributed by atoms with van der Waals surface area (Å²) in [5, 5.41) is 6.44. The Morgan fingerprint density at radius 2 is 1.66 bits per heavy atom. The first-order valence-corrected chi connectivity index (χ1v) is 10.5. The van der Waals surface area contributed by atoms with Crippen molar-refractivity contribution < 1.29 is 13.9 Å². The lowest BCUT2D eigenvalue weighted by atomic mass is 10.2. The van der Waals surface area contributed by atoms with Crippen molar-refractivity contribution in [2.24, 2.45) is 0 Å². The van der Waals surface area contributed by atoms with E-state index in [9.17, 15) is 4.79 Å². The minimum atomic E-state index is -0.457.